The largest absolute Gasteiger partial charge is 0.444 e. The maximum Gasteiger partial charge on any atom is 0.412 e. The Balaban J connectivity index is 2.84. The lowest BCUT2D eigenvalue weighted by molar-refractivity contribution is 0.0636. The number of nitrogens with one attached hydrogen (secondary N) is 1. The van der Waals surface area contributed by atoms with Crippen molar-refractivity contribution in [3.05, 3.63) is 24.3 Å². The van der Waals surface area contributed by atoms with Crippen LogP contribution in [0, 0.1) is 0 Å². The zero-order valence-electron chi connectivity index (χ0n) is 13.0. The number of sulfone groups is 1. The van der Waals surface area contributed by atoms with Gasteiger partial charge in [0.1, 0.15) is 5.60 Å². The van der Waals surface area contributed by atoms with E-state index in [2.05, 4.69) is 5.32 Å². The highest BCUT2D eigenvalue weighted by atomic mass is 32.2. The summed E-state index contributed by atoms with van der Waals surface area (Å²) >= 11 is 0. The number of hydrogen-bond acceptors (Lipinski definition) is 4. The zero-order chi connectivity index (χ0) is 16.1. The van der Waals surface area contributed by atoms with E-state index in [1.54, 1.807) is 32.9 Å². The third kappa shape index (κ3) is 6.16. The van der Waals surface area contributed by atoms with Crippen LogP contribution in [0.5, 0.6) is 0 Å². The number of carbonyl (C=O) groups excluding carboxylic acids is 1. The summed E-state index contributed by atoms with van der Waals surface area (Å²) in [6, 6.07) is 6.22. The third-order valence-corrected chi connectivity index (χ3v) is 4.40. The average molecular weight is 313 g/mol. The number of carbonyl (C=O) groups is 1. The number of rotatable bonds is 5. The van der Waals surface area contributed by atoms with Gasteiger partial charge in [-0.1, -0.05) is 19.4 Å². The van der Waals surface area contributed by atoms with Crippen molar-refractivity contribution in [2.45, 2.75) is 51.0 Å². The molecule has 0 heterocycles. The van der Waals surface area contributed by atoms with Gasteiger partial charge in [0, 0.05) is 5.69 Å². The molecule has 0 saturated carbocycles. The molecule has 0 unspecified atom stereocenters. The standard InChI is InChI=1S/C15H23NO4S/c1-5-6-10-21(18,19)13-9-7-8-12(11-13)16-14(17)20-15(2,3)4/h7-9,11H,5-6,10H2,1-4H3,(H,16,17). The predicted molar refractivity (Wildman–Crippen MR) is 83.3 cm³/mol. The molecule has 0 aliphatic carbocycles. The van der Waals surface area contributed by atoms with E-state index in [9.17, 15) is 13.2 Å². The Hall–Kier alpha value is -1.56. The van der Waals surface area contributed by atoms with E-state index < -0.39 is 21.5 Å². The second-order valence-electron chi connectivity index (χ2n) is 5.83. The topological polar surface area (TPSA) is 72.5 Å². The highest BCUT2D eigenvalue weighted by Crippen LogP contribution is 2.18. The minimum absolute atomic E-state index is 0.111. The van der Waals surface area contributed by atoms with Crippen molar-refractivity contribution in [1.29, 1.82) is 0 Å². The molecule has 6 heteroatoms. The monoisotopic (exact) mass is 313 g/mol. The van der Waals surface area contributed by atoms with E-state index in [1.165, 1.54) is 12.1 Å². The molecule has 21 heavy (non-hydrogen) atoms. The molecule has 0 atom stereocenters. The summed E-state index contributed by atoms with van der Waals surface area (Å²) in [5.74, 6) is 0.111. The Kier molecular flexibility index (Phi) is 5.78. The Labute approximate surface area is 126 Å². The van der Waals surface area contributed by atoms with Crippen LogP contribution in [0.15, 0.2) is 29.2 Å². The number of ether oxygens (including phenoxy) is 1. The number of amides is 1. The molecule has 1 amide bonds. The number of unbranched alkanes of at least 4 members (excludes halogenated alkanes) is 1. The van der Waals surface area contributed by atoms with Gasteiger partial charge in [-0.25, -0.2) is 13.2 Å². The number of hydrogen-bond donors (Lipinski definition) is 1. The summed E-state index contributed by atoms with van der Waals surface area (Å²) in [5.41, 5.74) is -0.198. The molecule has 0 saturated heterocycles. The molecule has 1 aromatic rings. The van der Waals surface area contributed by atoms with Crippen molar-refractivity contribution >= 4 is 21.6 Å². The maximum absolute atomic E-state index is 12.1. The molecule has 0 aromatic heterocycles. The first-order valence-electron chi connectivity index (χ1n) is 6.97. The first-order chi connectivity index (χ1) is 9.64. The van der Waals surface area contributed by atoms with E-state index in [-0.39, 0.29) is 10.6 Å². The maximum atomic E-state index is 12.1. The fourth-order valence-corrected chi connectivity index (χ4v) is 3.14. The smallest absolute Gasteiger partial charge is 0.412 e. The van der Waals surface area contributed by atoms with E-state index in [0.29, 0.717) is 12.1 Å². The van der Waals surface area contributed by atoms with E-state index >= 15 is 0 Å². The Morgan fingerprint density at radius 1 is 1.29 bits per heavy atom. The van der Waals surface area contributed by atoms with Crippen molar-refractivity contribution in [2.24, 2.45) is 0 Å². The van der Waals surface area contributed by atoms with E-state index in [1.807, 2.05) is 6.92 Å². The predicted octanol–water partition coefficient (Wildman–Crippen LogP) is 3.61. The molecular formula is C15H23NO4S. The minimum Gasteiger partial charge on any atom is -0.444 e. The lowest BCUT2D eigenvalue weighted by Crippen LogP contribution is -2.27. The fraction of sp³-hybridized carbons (Fsp3) is 0.533. The molecule has 1 rings (SSSR count). The SMILES string of the molecule is CCCCS(=O)(=O)c1cccc(NC(=O)OC(C)(C)C)c1. The van der Waals surface area contributed by atoms with Crippen molar-refractivity contribution < 1.29 is 17.9 Å². The molecule has 1 N–H and O–H groups in total. The minimum atomic E-state index is -3.31. The van der Waals surface area contributed by atoms with Crippen LogP contribution in [0.25, 0.3) is 0 Å². The normalized spacial score (nSPS) is 12.0. The van der Waals surface area contributed by atoms with Crippen LogP contribution in [0.1, 0.15) is 40.5 Å². The van der Waals surface area contributed by atoms with Crippen LogP contribution >= 0.6 is 0 Å². The second kappa shape index (κ2) is 6.93. The molecule has 0 aliphatic heterocycles. The van der Waals surface area contributed by atoms with Gasteiger partial charge in [-0.3, -0.25) is 5.32 Å². The first-order valence-corrected chi connectivity index (χ1v) is 8.62. The van der Waals surface area contributed by atoms with Crippen LogP contribution in [-0.4, -0.2) is 25.9 Å². The molecular weight excluding hydrogens is 290 g/mol. The molecule has 0 fully saturated rings. The summed E-state index contributed by atoms with van der Waals surface area (Å²) in [5, 5.41) is 2.54. The average Bonchev–Trinajstić information content (AvgIpc) is 2.34. The lowest BCUT2D eigenvalue weighted by Gasteiger charge is -2.19. The molecule has 118 valence electrons. The van der Waals surface area contributed by atoms with Crippen molar-refractivity contribution in [1.82, 2.24) is 0 Å². The number of anilines is 1. The second-order valence-corrected chi connectivity index (χ2v) is 7.94. The molecule has 0 radical (unpaired) electrons. The summed E-state index contributed by atoms with van der Waals surface area (Å²) in [4.78, 5) is 11.9. The van der Waals surface area contributed by atoms with Crippen LogP contribution < -0.4 is 5.32 Å². The Morgan fingerprint density at radius 3 is 2.52 bits per heavy atom. The zero-order valence-corrected chi connectivity index (χ0v) is 13.8. The van der Waals surface area contributed by atoms with Crippen molar-refractivity contribution in [3.63, 3.8) is 0 Å². The van der Waals surface area contributed by atoms with Crippen LogP contribution in [0.3, 0.4) is 0 Å². The molecule has 0 bridgehead atoms. The van der Waals surface area contributed by atoms with Gasteiger partial charge >= 0.3 is 6.09 Å². The molecule has 0 aliphatic rings. The Bertz CT molecular complexity index is 588. The summed E-state index contributed by atoms with van der Waals surface area (Å²) in [7, 11) is -3.31. The van der Waals surface area contributed by atoms with Gasteiger partial charge in [0.15, 0.2) is 9.84 Å². The first kappa shape index (κ1) is 17.5. The summed E-state index contributed by atoms with van der Waals surface area (Å²) < 4.78 is 29.4. The fourth-order valence-electron chi connectivity index (χ4n) is 1.64. The van der Waals surface area contributed by atoms with Crippen molar-refractivity contribution in [3.8, 4) is 0 Å². The van der Waals surface area contributed by atoms with Gasteiger partial charge in [0.05, 0.1) is 10.6 Å². The van der Waals surface area contributed by atoms with Gasteiger partial charge in [-0.05, 0) is 45.4 Å². The summed E-state index contributed by atoms with van der Waals surface area (Å²) in [6.45, 7) is 7.23. The van der Waals surface area contributed by atoms with Crippen LogP contribution in [0.2, 0.25) is 0 Å². The highest BCUT2D eigenvalue weighted by molar-refractivity contribution is 7.91. The van der Waals surface area contributed by atoms with Crippen LogP contribution in [0.4, 0.5) is 10.5 Å². The van der Waals surface area contributed by atoms with Gasteiger partial charge in [-0.2, -0.15) is 0 Å². The third-order valence-electron chi connectivity index (χ3n) is 2.61. The lowest BCUT2D eigenvalue weighted by atomic mass is 10.2. The van der Waals surface area contributed by atoms with Gasteiger partial charge in [-0.15, -0.1) is 0 Å². The molecule has 0 spiro atoms. The quantitative estimate of drug-likeness (QED) is 0.901. The van der Waals surface area contributed by atoms with Crippen LogP contribution in [-0.2, 0) is 14.6 Å². The number of benzene rings is 1. The molecule has 5 nitrogen and oxygen atoms in total. The summed E-state index contributed by atoms with van der Waals surface area (Å²) in [6.07, 6.45) is 0.826. The van der Waals surface area contributed by atoms with Gasteiger partial charge in [0.2, 0.25) is 0 Å². The Morgan fingerprint density at radius 2 is 1.95 bits per heavy atom. The van der Waals surface area contributed by atoms with Crippen molar-refractivity contribution in [2.75, 3.05) is 11.1 Å². The highest BCUT2D eigenvalue weighted by Gasteiger charge is 2.18. The van der Waals surface area contributed by atoms with Gasteiger partial charge < -0.3 is 4.74 Å². The van der Waals surface area contributed by atoms with E-state index in [0.717, 1.165) is 6.42 Å². The molecule has 1 aromatic carbocycles. The van der Waals surface area contributed by atoms with Gasteiger partial charge in [0.25, 0.3) is 0 Å². The van der Waals surface area contributed by atoms with E-state index in [4.69, 9.17) is 4.74 Å².